The predicted octanol–water partition coefficient (Wildman–Crippen LogP) is 2.52. The Hall–Kier alpha value is -1.91. The average Bonchev–Trinajstić information content (AvgIpc) is 2.67. The Labute approximate surface area is 143 Å². The molecule has 1 saturated carbocycles. The molecule has 0 aromatic carbocycles. The lowest BCUT2D eigenvalue weighted by atomic mass is 9.80. The Kier molecular flexibility index (Phi) is 5.83. The van der Waals surface area contributed by atoms with E-state index in [1.807, 2.05) is 17.0 Å². The first-order valence-electron chi connectivity index (χ1n) is 9.19. The number of pyridine rings is 1. The van der Waals surface area contributed by atoms with Gasteiger partial charge in [0.05, 0.1) is 0 Å². The van der Waals surface area contributed by atoms with Crippen molar-refractivity contribution in [2.75, 3.05) is 13.1 Å². The van der Waals surface area contributed by atoms with Gasteiger partial charge in [-0.2, -0.15) is 0 Å². The highest BCUT2D eigenvalue weighted by Gasteiger charge is 2.32. The van der Waals surface area contributed by atoms with E-state index in [1.165, 1.54) is 6.42 Å². The highest BCUT2D eigenvalue weighted by molar-refractivity contribution is 5.81. The monoisotopic (exact) mass is 329 g/mol. The van der Waals surface area contributed by atoms with E-state index < -0.39 is 0 Å². The lowest BCUT2D eigenvalue weighted by molar-refractivity contribution is -0.139. The first-order chi connectivity index (χ1) is 11.7. The number of amides is 2. The Morgan fingerprint density at radius 1 is 1.00 bits per heavy atom. The predicted molar refractivity (Wildman–Crippen MR) is 92.0 cm³/mol. The molecule has 1 saturated heterocycles. The summed E-state index contributed by atoms with van der Waals surface area (Å²) in [6.45, 7) is 2.39. The van der Waals surface area contributed by atoms with Crippen LogP contribution >= 0.6 is 0 Å². The molecule has 130 valence electrons. The number of carbonyl (C=O) groups is 2. The number of rotatable bonds is 4. The number of likely N-dealkylation sites (tertiary alicyclic amines) is 1. The van der Waals surface area contributed by atoms with Crippen LogP contribution in [0.4, 0.5) is 0 Å². The second kappa shape index (κ2) is 8.27. The van der Waals surface area contributed by atoms with Crippen molar-refractivity contribution in [3.8, 4) is 0 Å². The van der Waals surface area contributed by atoms with Crippen molar-refractivity contribution < 1.29 is 9.59 Å². The number of carbonyl (C=O) groups excluding carboxylic acids is 2. The number of hydrogen-bond acceptors (Lipinski definition) is 3. The summed E-state index contributed by atoms with van der Waals surface area (Å²) in [6.07, 6.45) is 10.3. The molecule has 2 fully saturated rings. The summed E-state index contributed by atoms with van der Waals surface area (Å²) in [5.74, 6) is 0.630. The molecule has 5 heteroatoms. The van der Waals surface area contributed by atoms with Crippen LogP contribution in [0.25, 0.3) is 0 Å². The highest BCUT2D eigenvalue weighted by Crippen LogP contribution is 2.31. The van der Waals surface area contributed by atoms with Crippen LogP contribution in [0.3, 0.4) is 0 Å². The quantitative estimate of drug-likeness (QED) is 0.923. The third-order valence-corrected chi connectivity index (χ3v) is 5.33. The molecule has 2 heterocycles. The maximum absolute atomic E-state index is 12.6. The summed E-state index contributed by atoms with van der Waals surface area (Å²) in [5, 5.41) is 3.01. The Morgan fingerprint density at radius 2 is 1.62 bits per heavy atom. The summed E-state index contributed by atoms with van der Waals surface area (Å²) in [7, 11) is 0. The highest BCUT2D eigenvalue weighted by atomic mass is 16.2. The fraction of sp³-hybridized carbons (Fsp3) is 0.632. The summed E-state index contributed by atoms with van der Waals surface area (Å²) in [6, 6.07) is 3.82. The lowest BCUT2D eigenvalue weighted by Crippen LogP contribution is -2.42. The number of nitrogens with zero attached hydrogens (tertiary/aromatic N) is 2. The average molecular weight is 329 g/mol. The lowest BCUT2D eigenvalue weighted by Gasteiger charge is -2.33. The third kappa shape index (κ3) is 4.34. The molecule has 2 amide bonds. The van der Waals surface area contributed by atoms with Crippen molar-refractivity contribution >= 4 is 11.8 Å². The Bertz CT molecular complexity index is 547. The van der Waals surface area contributed by atoms with E-state index in [2.05, 4.69) is 10.3 Å². The molecule has 3 rings (SSSR count). The molecule has 0 atom stereocenters. The van der Waals surface area contributed by atoms with Gasteiger partial charge in [-0.05, 0) is 62.6 Å². The maximum Gasteiger partial charge on any atom is 0.225 e. The van der Waals surface area contributed by atoms with Crippen molar-refractivity contribution in [1.82, 2.24) is 15.2 Å². The fourth-order valence-corrected chi connectivity index (χ4v) is 3.81. The summed E-state index contributed by atoms with van der Waals surface area (Å²) >= 11 is 0. The molecule has 5 nitrogen and oxygen atoms in total. The van der Waals surface area contributed by atoms with Crippen molar-refractivity contribution in [3.05, 3.63) is 30.1 Å². The van der Waals surface area contributed by atoms with Crippen LogP contribution in [0.2, 0.25) is 0 Å². The van der Waals surface area contributed by atoms with Gasteiger partial charge in [0.1, 0.15) is 0 Å². The fourth-order valence-electron chi connectivity index (χ4n) is 3.81. The number of aromatic nitrogens is 1. The van der Waals surface area contributed by atoms with Crippen LogP contribution in [0, 0.1) is 11.8 Å². The van der Waals surface area contributed by atoms with Gasteiger partial charge in [-0.1, -0.05) is 0 Å². The SMILES string of the molecule is O=C(NCc1ccncc1)C1CCC(C(=O)N2CCCCC2)CC1. The zero-order valence-corrected chi connectivity index (χ0v) is 14.2. The molecule has 24 heavy (non-hydrogen) atoms. The topological polar surface area (TPSA) is 62.3 Å². The van der Waals surface area contributed by atoms with Gasteiger partial charge in [0.2, 0.25) is 11.8 Å². The molecular formula is C19H27N3O2. The van der Waals surface area contributed by atoms with E-state index in [0.29, 0.717) is 12.5 Å². The maximum atomic E-state index is 12.6. The van der Waals surface area contributed by atoms with Crippen LogP contribution in [-0.2, 0) is 16.1 Å². The largest absolute Gasteiger partial charge is 0.352 e. The minimum Gasteiger partial charge on any atom is -0.352 e. The van der Waals surface area contributed by atoms with Crippen molar-refractivity contribution in [2.24, 2.45) is 11.8 Å². The van der Waals surface area contributed by atoms with E-state index in [1.54, 1.807) is 12.4 Å². The van der Waals surface area contributed by atoms with Gasteiger partial charge in [0, 0.05) is 43.9 Å². The first kappa shape index (κ1) is 16.9. The van der Waals surface area contributed by atoms with Gasteiger partial charge in [-0.25, -0.2) is 0 Å². The first-order valence-corrected chi connectivity index (χ1v) is 9.19. The van der Waals surface area contributed by atoms with Crippen LogP contribution in [0.15, 0.2) is 24.5 Å². The van der Waals surface area contributed by atoms with Gasteiger partial charge in [0.15, 0.2) is 0 Å². The van der Waals surface area contributed by atoms with Crippen LogP contribution in [0.1, 0.15) is 50.5 Å². The Morgan fingerprint density at radius 3 is 2.29 bits per heavy atom. The molecule has 0 radical (unpaired) electrons. The van der Waals surface area contributed by atoms with E-state index in [9.17, 15) is 9.59 Å². The van der Waals surface area contributed by atoms with Crippen molar-refractivity contribution in [3.63, 3.8) is 0 Å². The normalized spacial score (nSPS) is 24.4. The zero-order chi connectivity index (χ0) is 16.8. The summed E-state index contributed by atoms with van der Waals surface area (Å²) < 4.78 is 0. The van der Waals surface area contributed by atoms with E-state index >= 15 is 0 Å². The molecule has 1 aromatic rings. The van der Waals surface area contributed by atoms with E-state index in [0.717, 1.165) is 57.2 Å². The number of nitrogens with one attached hydrogen (secondary N) is 1. The molecule has 2 aliphatic rings. The molecule has 0 unspecified atom stereocenters. The third-order valence-electron chi connectivity index (χ3n) is 5.33. The smallest absolute Gasteiger partial charge is 0.225 e. The standard InChI is InChI=1S/C19H27N3O2/c23-18(21-14-15-8-10-20-11-9-15)16-4-6-17(7-5-16)19(24)22-12-2-1-3-13-22/h8-11,16-17H,1-7,12-14H2,(H,21,23). The Balaban J connectivity index is 1.42. The van der Waals surface area contributed by atoms with Gasteiger partial charge in [-0.3, -0.25) is 14.6 Å². The molecule has 0 spiro atoms. The summed E-state index contributed by atoms with van der Waals surface area (Å²) in [5.41, 5.74) is 1.06. The minimum atomic E-state index is 0.0530. The van der Waals surface area contributed by atoms with Crippen molar-refractivity contribution in [2.45, 2.75) is 51.5 Å². The molecular weight excluding hydrogens is 302 g/mol. The number of piperidine rings is 1. The second-order valence-electron chi connectivity index (χ2n) is 7.01. The van der Waals surface area contributed by atoms with Crippen LogP contribution in [-0.4, -0.2) is 34.8 Å². The van der Waals surface area contributed by atoms with Gasteiger partial charge in [0.25, 0.3) is 0 Å². The van der Waals surface area contributed by atoms with Crippen molar-refractivity contribution in [1.29, 1.82) is 0 Å². The van der Waals surface area contributed by atoms with Gasteiger partial charge < -0.3 is 10.2 Å². The summed E-state index contributed by atoms with van der Waals surface area (Å²) in [4.78, 5) is 30.9. The molecule has 1 aliphatic carbocycles. The van der Waals surface area contributed by atoms with E-state index in [4.69, 9.17) is 0 Å². The molecule has 0 bridgehead atoms. The molecule has 1 N–H and O–H groups in total. The zero-order valence-electron chi connectivity index (χ0n) is 14.2. The van der Waals surface area contributed by atoms with Crippen LogP contribution in [0.5, 0.6) is 0 Å². The second-order valence-corrected chi connectivity index (χ2v) is 7.01. The number of hydrogen-bond donors (Lipinski definition) is 1. The van der Waals surface area contributed by atoms with Gasteiger partial charge >= 0.3 is 0 Å². The van der Waals surface area contributed by atoms with Crippen LogP contribution < -0.4 is 5.32 Å². The molecule has 1 aliphatic heterocycles. The molecule has 1 aromatic heterocycles. The minimum absolute atomic E-state index is 0.0530. The van der Waals surface area contributed by atoms with Gasteiger partial charge in [-0.15, -0.1) is 0 Å². The van der Waals surface area contributed by atoms with E-state index in [-0.39, 0.29) is 17.7 Å².